The molecule has 0 unspecified atom stereocenters. The molecule has 0 spiro atoms. The van der Waals surface area contributed by atoms with E-state index in [1.54, 1.807) is 20.2 Å². The van der Waals surface area contributed by atoms with Gasteiger partial charge in [-0.2, -0.15) is 5.10 Å². The van der Waals surface area contributed by atoms with Gasteiger partial charge in [-0.1, -0.05) is 0 Å². The van der Waals surface area contributed by atoms with E-state index in [0.29, 0.717) is 25.1 Å². The second-order valence-corrected chi connectivity index (χ2v) is 6.90. The summed E-state index contributed by atoms with van der Waals surface area (Å²) in [6.07, 6.45) is 2.28. The molecule has 0 atom stereocenters. The van der Waals surface area contributed by atoms with E-state index in [2.05, 4.69) is 25.2 Å². The second kappa shape index (κ2) is 6.44. The SMILES string of the molecule is CNCc1c(S(=O)(=O)NCCc2nccs2)n[nH]c1C. The fourth-order valence-electron chi connectivity index (χ4n) is 1.77. The predicted molar refractivity (Wildman–Crippen MR) is 77.1 cm³/mol. The minimum atomic E-state index is -3.60. The molecule has 20 heavy (non-hydrogen) atoms. The van der Waals surface area contributed by atoms with Crippen LogP contribution >= 0.6 is 11.3 Å². The molecule has 0 fully saturated rings. The van der Waals surface area contributed by atoms with E-state index in [0.717, 1.165) is 10.7 Å². The molecule has 0 bridgehead atoms. The normalized spacial score (nSPS) is 11.9. The third-order valence-corrected chi connectivity index (χ3v) is 5.03. The molecule has 0 radical (unpaired) electrons. The Labute approximate surface area is 121 Å². The number of nitrogens with zero attached hydrogens (tertiary/aromatic N) is 2. The van der Waals surface area contributed by atoms with Crippen molar-refractivity contribution in [1.82, 2.24) is 25.2 Å². The highest BCUT2D eigenvalue weighted by Gasteiger charge is 2.22. The number of aryl methyl sites for hydroxylation is 1. The molecule has 0 saturated carbocycles. The summed E-state index contributed by atoms with van der Waals surface area (Å²) in [5.74, 6) is 0. The van der Waals surface area contributed by atoms with Crippen LogP contribution in [-0.4, -0.2) is 37.2 Å². The monoisotopic (exact) mass is 315 g/mol. The zero-order valence-corrected chi connectivity index (χ0v) is 12.9. The summed E-state index contributed by atoms with van der Waals surface area (Å²) in [4.78, 5) is 4.11. The van der Waals surface area contributed by atoms with E-state index in [4.69, 9.17) is 0 Å². The van der Waals surface area contributed by atoms with Gasteiger partial charge >= 0.3 is 0 Å². The van der Waals surface area contributed by atoms with Crippen LogP contribution in [0.2, 0.25) is 0 Å². The smallest absolute Gasteiger partial charge is 0.260 e. The van der Waals surface area contributed by atoms with Gasteiger partial charge in [-0.3, -0.25) is 5.10 Å². The van der Waals surface area contributed by atoms with Gasteiger partial charge < -0.3 is 5.32 Å². The van der Waals surface area contributed by atoms with Gasteiger partial charge in [0.25, 0.3) is 10.0 Å². The zero-order chi connectivity index (χ0) is 14.6. The Morgan fingerprint density at radius 1 is 1.45 bits per heavy atom. The highest BCUT2D eigenvalue weighted by Crippen LogP contribution is 2.15. The molecule has 110 valence electrons. The first-order valence-electron chi connectivity index (χ1n) is 6.11. The van der Waals surface area contributed by atoms with Crippen LogP contribution in [0.25, 0.3) is 0 Å². The fraction of sp³-hybridized carbons (Fsp3) is 0.455. The van der Waals surface area contributed by atoms with Crippen LogP contribution < -0.4 is 10.0 Å². The van der Waals surface area contributed by atoms with Gasteiger partial charge in [0.05, 0.1) is 5.01 Å². The average molecular weight is 315 g/mol. The molecule has 0 saturated heterocycles. The van der Waals surface area contributed by atoms with Gasteiger partial charge in [0.2, 0.25) is 0 Å². The van der Waals surface area contributed by atoms with Crippen LogP contribution in [0.4, 0.5) is 0 Å². The number of H-pyrrole nitrogens is 1. The number of aromatic nitrogens is 3. The number of sulfonamides is 1. The standard InChI is InChI=1S/C11H17N5O2S2/c1-8-9(7-12-2)11(16-15-8)20(17,18)14-4-3-10-13-5-6-19-10/h5-6,12,14H,3-4,7H2,1-2H3,(H,15,16). The highest BCUT2D eigenvalue weighted by atomic mass is 32.2. The number of nitrogens with one attached hydrogen (secondary N) is 3. The summed E-state index contributed by atoms with van der Waals surface area (Å²) in [7, 11) is -1.84. The topological polar surface area (TPSA) is 99.8 Å². The van der Waals surface area contributed by atoms with Gasteiger partial charge in [-0.15, -0.1) is 11.3 Å². The van der Waals surface area contributed by atoms with E-state index in [-0.39, 0.29) is 5.03 Å². The van der Waals surface area contributed by atoms with Crippen molar-refractivity contribution < 1.29 is 8.42 Å². The van der Waals surface area contributed by atoms with Gasteiger partial charge in [-0.25, -0.2) is 18.1 Å². The van der Waals surface area contributed by atoms with Gasteiger partial charge in [0, 0.05) is 42.3 Å². The highest BCUT2D eigenvalue weighted by molar-refractivity contribution is 7.89. The summed E-state index contributed by atoms with van der Waals surface area (Å²) in [6, 6.07) is 0. The third kappa shape index (κ3) is 3.42. The van der Waals surface area contributed by atoms with Crippen molar-refractivity contribution >= 4 is 21.4 Å². The van der Waals surface area contributed by atoms with Crippen molar-refractivity contribution in [3.8, 4) is 0 Å². The van der Waals surface area contributed by atoms with Crippen LogP contribution in [0.3, 0.4) is 0 Å². The molecule has 0 aromatic carbocycles. The lowest BCUT2D eigenvalue weighted by Crippen LogP contribution is -2.27. The number of hydrogen-bond donors (Lipinski definition) is 3. The van der Waals surface area contributed by atoms with E-state index < -0.39 is 10.0 Å². The molecule has 3 N–H and O–H groups in total. The Hall–Kier alpha value is -1.29. The Morgan fingerprint density at radius 2 is 2.25 bits per heavy atom. The Kier molecular flexibility index (Phi) is 4.86. The summed E-state index contributed by atoms with van der Waals surface area (Å²) in [5, 5.41) is 12.4. The Morgan fingerprint density at radius 3 is 2.90 bits per heavy atom. The van der Waals surface area contributed by atoms with Crippen LogP contribution in [0.5, 0.6) is 0 Å². The van der Waals surface area contributed by atoms with Gasteiger partial charge in [-0.05, 0) is 14.0 Å². The number of aromatic amines is 1. The molecule has 7 nitrogen and oxygen atoms in total. The Balaban J connectivity index is 2.06. The molecule has 0 aliphatic heterocycles. The average Bonchev–Trinajstić information content (AvgIpc) is 3.01. The lowest BCUT2D eigenvalue weighted by molar-refractivity contribution is 0.575. The van der Waals surface area contributed by atoms with Crippen LogP contribution in [0, 0.1) is 6.92 Å². The lowest BCUT2D eigenvalue weighted by Gasteiger charge is -2.06. The number of hydrogen-bond acceptors (Lipinski definition) is 6. The number of thiazole rings is 1. The van der Waals surface area contributed by atoms with Gasteiger partial charge in [0.15, 0.2) is 5.03 Å². The first kappa shape index (κ1) is 15.1. The molecular weight excluding hydrogens is 298 g/mol. The van der Waals surface area contributed by atoms with Crippen LogP contribution in [-0.2, 0) is 23.0 Å². The minimum Gasteiger partial charge on any atom is -0.316 e. The molecular formula is C11H17N5O2S2. The summed E-state index contributed by atoms with van der Waals surface area (Å²) >= 11 is 1.51. The maximum atomic E-state index is 12.2. The predicted octanol–water partition coefficient (Wildman–Crippen LogP) is 0.415. The van der Waals surface area contributed by atoms with Crippen LogP contribution in [0.1, 0.15) is 16.3 Å². The van der Waals surface area contributed by atoms with Crippen molar-refractivity contribution in [1.29, 1.82) is 0 Å². The lowest BCUT2D eigenvalue weighted by atomic mass is 10.3. The van der Waals surface area contributed by atoms with Crippen LogP contribution in [0.15, 0.2) is 16.6 Å². The maximum Gasteiger partial charge on any atom is 0.260 e. The molecule has 2 rings (SSSR count). The Bertz CT molecular complexity index is 648. The number of rotatable bonds is 7. The quantitative estimate of drug-likeness (QED) is 0.687. The van der Waals surface area contributed by atoms with Gasteiger partial charge in [0.1, 0.15) is 0 Å². The van der Waals surface area contributed by atoms with Crippen molar-refractivity contribution in [2.75, 3.05) is 13.6 Å². The second-order valence-electron chi connectivity index (χ2n) is 4.24. The molecule has 9 heteroatoms. The first-order valence-corrected chi connectivity index (χ1v) is 8.47. The first-order chi connectivity index (χ1) is 9.54. The maximum absolute atomic E-state index is 12.2. The molecule has 0 aliphatic rings. The minimum absolute atomic E-state index is 0.0588. The fourth-order valence-corrected chi connectivity index (χ4v) is 3.62. The molecule has 2 heterocycles. The van der Waals surface area contributed by atoms with E-state index in [1.807, 2.05) is 5.38 Å². The summed E-state index contributed by atoms with van der Waals surface area (Å²) < 4.78 is 27.0. The largest absolute Gasteiger partial charge is 0.316 e. The van der Waals surface area contributed by atoms with Crippen molar-refractivity contribution in [2.45, 2.75) is 24.9 Å². The molecule has 2 aromatic heterocycles. The van der Waals surface area contributed by atoms with Crippen molar-refractivity contribution in [2.24, 2.45) is 0 Å². The third-order valence-electron chi connectivity index (χ3n) is 2.76. The summed E-state index contributed by atoms with van der Waals surface area (Å²) in [6.45, 7) is 2.56. The molecule has 2 aromatic rings. The van der Waals surface area contributed by atoms with Crippen molar-refractivity contribution in [3.63, 3.8) is 0 Å². The van der Waals surface area contributed by atoms with E-state index in [1.165, 1.54) is 11.3 Å². The van der Waals surface area contributed by atoms with Crippen molar-refractivity contribution in [3.05, 3.63) is 27.8 Å². The summed E-state index contributed by atoms with van der Waals surface area (Å²) in [5.41, 5.74) is 1.41. The zero-order valence-electron chi connectivity index (χ0n) is 11.3. The van der Waals surface area contributed by atoms with E-state index >= 15 is 0 Å². The molecule has 0 aliphatic carbocycles. The molecule has 0 amide bonds. The van der Waals surface area contributed by atoms with E-state index in [9.17, 15) is 8.42 Å².